The summed E-state index contributed by atoms with van der Waals surface area (Å²) >= 11 is 0. The molecule has 3 heterocycles. The van der Waals surface area contributed by atoms with E-state index in [-0.39, 0.29) is 5.41 Å². The van der Waals surface area contributed by atoms with Crippen LogP contribution < -0.4 is 15.0 Å². The summed E-state index contributed by atoms with van der Waals surface area (Å²) in [5, 5.41) is 6.21. The molecule has 2 aliphatic carbocycles. The van der Waals surface area contributed by atoms with Gasteiger partial charge in [-0.2, -0.15) is 9.97 Å². The molecule has 39 heavy (non-hydrogen) atoms. The molecule has 0 spiro atoms. The first-order valence-corrected chi connectivity index (χ1v) is 14.7. The van der Waals surface area contributed by atoms with E-state index in [0.29, 0.717) is 30.6 Å². The molecule has 2 saturated heterocycles. The third kappa shape index (κ3) is 4.77. The van der Waals surface area contributed by atoms with E-state index in [1.54, 1.807) is 0 Å². The van der Waals surface area contributed by atoms with Crippen molar-refractivity contribution in [2.45, 2.75) is 62.9 Å². The first kappa shape index (κ1) is 24.9. The maximum atomic E-state index is 6.43. The van der Waals surface area contributed by atoms with Gasteiger partial charge >= 0.3 is 6.01 Å². The number of piperazine rings is 1. The first-order chi connectivity index (χ1) is 19.0. The Morgan fingerprint density at radius 2 is 1.85 bits per heavy atom. The lowest BCUT2D eigenvalue weighted by Crippen LogP contribution is -2.51. The number of terminal acetylenes is 1. The maximum Gasteiger partial charge on any atom is 0.318 e. The second-order valence-electron chi connectivity index (χ2n) is 12.7. The van der Waals surface area contributed by atoms with Crippen LogP contribution in [0.15, 0.2) is 36.4 Å². The molecule has 202 valence electrons. The van der Waals surface area contributed by atoms with Gasteiger partial charge in [0.15, 0.2) is 0 Å². The summed E-state index contributed by atoms with van der Waals surface area (Å²) < 4.78 is 6.43. The van der Waals surface area contributed by atoms with Crippen LogP contribution in [0.1, 0.15) is 60.4 Å². The molecule has 1 aromatic heterocycles. The van der Waals surface area contributed by atoms with E-state index in [9.17, 15) is 0 Å². The lowest BCUT2D eigenvalue weighted by Gasteiger charge is -2.36. The summed E-state index contributed by atoms with van der Waals surface area (Å²) in [4.78, 5) is 15.0. The lowest BCUT2D eigenvalue weighted by molar-refractivity contribution is 0.182. The molecule has 3 aromatic rings. The highest BCUT2D eigenvalue weighted by Gasteiger charge is 2.44. The Labute approximate surface area is 232 Å². The Morgan fingerprint density at radius 3 is 2.56 bits per heavy atom. The average molecular weight is 522 g/mol. The molecule has 0 amide bonds. The lowest BCUT2D eigenvalue weighted by atomic mass is 9.80. The molecule has 6 heteroatoms. The van der Waals surface area contributed by atoms with Gasteiger partial charge < -0.3 is 19.9 Å². The molecule has 3 fully saturated rings. The standard InChI is InChI=1S/C33H39N5O/c1-4-22-7-5-8-23-9-6-10-27(30(22)23)24-11-14-28-29(17-24)35-32(39-21-33(15-16-33)20-37(2)3)36-31(28)38-18-25-12-13-26(19-38)34-25/h1,5-10,24-26,34H,11-21H2,2-3H3. The summed E-state index contributed by atoms with van der Waals surface area (Å²) in [6, 6.07) is 14.6. The van der Waals surface area contributed by atoms with Crippen molar-refractivity contribution in [1.82, 2.24) is 20.2 Å². The van der Waals surface area contributed by atoms with E-state index in [0.717, 1.165) is 56.0 Å². The van der Waals surface area contributed by atoms with Crippen molar-refractivity contribution >= 4 is 16.6 Å². The van der Waals surface area contributed by atoms with Gasteiger partial charge in [-0.1, -0.05) is 36.3 Å². The van der Waals surface area contributed by atoms with Crippen LogP contribution in [0.3, 0.4) is 0 Å². The molecule has 1 N–H and O–H groups in total. The van der Waals surface area contributed by atoms with Gasteiger partial charge in [0.25, 0.3) is 0 Å². The predicted octanol–water partition coefficient (Wildman–Crippen LogP) is 4.54. The van der Waals surface area contributed by atoms with Gasteiger partial charge in [0.05, 0.1) is 12.3 Å². The topological polar surface area (TPSA) is 53.5 Å². The number of nitrogens with one attached hydrogen (secondary N) is 1. The molecule has 6 nitrogen and oxygen atoms in total. The van der Waals surface area contributed by atoms with E-state index in [1.807, 2.05) is 0 Å². The second kappa shape index (κ2) is 9.80. The third-order valence-corrected chi connectivity index (χ3v) is 9.40. The quantitative estimate of drug-likeness (QED) is 0.461. The zero-order valence-electron chi connectivity index (χ0n) is 23.2. The molecule has 3 unspecified atom stereocenters. The number of anilines is 1. The number of aromatic nitrogens is 2. The average Bonchev–Trinajstić information content (AvgIpc) is 3.63. The molecule has 7 rings (SSSR count). The molecular weight excluding hydrogens is 482 g/mol. The van der Waals surface area contributed by atoms with Crippen LogP contribution in [0.25, 0.3) is 10.8 Å². The highest BCUT2D eigenvalue weighted by atomic mass is 16.5. The second-order valence-corrected chi connectivity index (χ2v) is 12.7. The molecule has 1 saturated carbocycles. The number of benzene rings is 2. The minimum Gasteiger partial charge on any atom is -0.463 e. The van der Waals surface area contributed by atoms with Crippen LogP contribution in [0.4, 0.5) is 5.82 Å². The van der Waals surface area contributed by atoms with Crippen LogP contribution in [-0.2, 0) is 12.8 Å². The van der Waals surface area contributed by atoms with Crippen molar-refractivity contribution in [2.24, 2.45) is 5.41 Å². The summed E-state index contributed by atoms with van der Waals surface area (Å²) in [6.07, 6.45) is 13.8. The molecular formula is C33H39N5O. The van der Waals surface area contributed by atoms with E-state index in [4.69, 9.17) is 21.1 Å². The molecule has 0 radical (unpaired) electrons. The Morgan fingerprint density at radius 1 is 1.08 bits per heavy atom. The predicted molar refractivity (Wildman–Crippen MR) is 157 cm³/mol. The number of hydrogen-bond acceptors (Lipinski definition) is 6. The summed E-state index contributed by atoms with van der Waals surface area (Å²) in [7, 11) is 4.29. The Balaban J connectivity index is 1.23. The first-order valence-electron chi connectivity index (χ1n) is 14.7. The van der Waals surface area contributed by atoms with E-state index < -0.39 is 0 Å². The van der Waals surface area contributed by atoms with Gasteiger partial charge in [-0.25, -0.2) is 0 Å². The molecule has 4 aliphatic rings. The van der Waals surface area contributed by atoms with E-state index in [2.05, 4.69) is 71.5 Å². The van der Waals surface area contributed by atoms with Crippen LogP contribution in [-0.4, -0.2) is 67.3 Å². The molecule has 2 aliphatic heterocycles. The normalized spacial score (nSPS) is 25.0. The van der Waals surface area contributed by atoms with Gasteiger partial charge in [0, 0.05) is 53.6 Å². The van der Waals surface area contributed by atoms with E-state index in [1.165, 1.54) is 47.6 Å². The summed E-state index contributed by atoms with van der Waals surface area (Å²) in [6.45, 7) is 3.77. The minimum absolute atomic E-state index is 0.244. The fraction of sp³-hybridized carbons (Fsp3) is 0.515. The zero-order valence-corrected chi connectivity index (χ0v) is 23.2. The maximum absolute atomic E-state index is 6.43. The van der Waals surface area contributed by atoms with Crippen molar-refractivity contribution in [3.05, 3.63) is 58.8 Å². The minimum atomic E-state index is 0.244. The van der Waals surface area contributed by atoms with Crippen LogP contribution >= 0.6 is 0 Å². The number of rotatable bonds is 7. The van der Waals surface area contributed by atoms with Gasteiger partial charge in [0.1, 0.15) is 5.82 Å². The Bertz CT molecular complexity index is 1420. The van der Waals surface area contributed by atoms with Gasteiger partial charge in [-0.15, -0.1) is 6.42 Å². The van der Waals surface area contributed by atoms with Gasteiger partial charge in [-0.05, 0) is 82.0 Å². The van der Waals surface area contributed by atoms with Gasteiger partial charge in [-0.3, -0.25) is 0 Å². The number of nitrogens with zero attached hydrogens (tertiary/aromatic N) is 4. The van der Waals surface area contributed by atoms with Crippen molar-refractivity contribution < 1.29 is 4.74 Å². The van der Waals surface area contributed by atoms with Crippen LogP contribution in [0, 0.1) is 17.8 Å². The monoisotopic (exact) mass is 521 g/mol. The number of hydrogen-bond donors (Lipinski definition) is 1. The largest absolute Gasteiger partial charge is 0.463 e. The van der Waals surface area contributed by atoms with Crippen LogP contribution in [0.5, 0.6) is 6.01 Å². The molecule has 2 bridgehead atoms. The summed E-state index contributed by atoms with van der Waals surface area (Å²) in [5.41, 5.74) is 5.05. The Kier molecular flexibility index (Phi) is 6.25. The van der Waals surface area contributed by atoms with E-state index >= 15 is 0 Å². The van der Waals surface area contributed by atoms with Crippen molar-refractivity contribution in [1.29, 1.82) is 0 Å². The fourth-order valence-electron chi connectivity index (χ4n) is 7.38. The van der Waals surface area contributed by atoms with Crippen LogP contribution in [0.2, 0.25) is 0 Å². The highest BCUT2D eigenvalue weighted by Crippen LogP contribution is 2.46. The van der Waals surface area contributed by atoms with Crippen molar-refractivity contribution in [2.75, 3.05) is 45.2 Å². The fourth-order valence-corrected chi connectivity index (χ4v) is 7.38. The highest BCUT2D eigenvalue weighted by molar-refractivity contribution is 5.91. The zero-order chi connectivity index (χ0) is 26.6. The third-order valence-electron chi connectivity index (χ3n) is 9.40. The number of fused-ring (bicyclic) bond motifs is 4. The smallest absolute Gasteiger partial charge is 0.318 e. The van der Waals surface area contributed by atoms with Crippen molar-refractivity contribution in [3.63, 3.8) is 0 Å². The number of ether oxygens (including phenoxy) is 1. The molecule has 2 aromatic carbocycles. The summed E-state index contributed by atoms with van der Waals surface area (Å²) in [5.74, 6) is 4.42. The Hall–Kier alpha value is -3.14. The molecule has 3 atom stereocenters. The van der Waals surface area contributed by atoms with Crippen molar-refractivity contribution in [3.8, 4) is 18.4 Å². The van der Waals surface area contributed by atoms with Gasteiger partial charge in [0.2, 0.25) is 0 Å². The SMILES string of the molecule is C#Cc1cccc2cccc(C3CCc4c(nc(OCC5(CN(C)C)CC5)nc4N4CC5CCC(C4)N5)C3)c12.